The summed E-state index contributed by atoms with van der Waals surface area (Å²) in [5.74, 6) is 0. The fourth-order valence-corrected chi connectivity index (χ4v) is 8.02. The summed E-state index contributed by atoms with van der Waals surface area (Å²) >= 11 is 0. The van der Waals surface area contributed by atoms with E-state index in [-0.39, 0.29) is 0 Å². The molecule has 250 valence electrons. The number of nitrogens with zero attached hydrogens (tertiary/aromatic N) is 2. The smallest absolute Gasteiger partial charge is 0.0541 e. The van der Waals surface area contributed by atoms with Gasteiger partial charge >= 0.3 is 0 Å². The maximum absolute atomic E-state index is 4.26. The van der Waals surface area contributed by atoms with Crippen molar-refractivity contribution in [1.82, 2.24) is 9.13 Å². The molecule has 0 spiro atoms. The Hall–Kier alpha value is -6.38. The highest BCUT2D eigenvalue weighted by atomic mass is 15.0. The quantitative estimate of drug-likeness (QED) is 0.160. The summed E-state index contributed by atoms with van der Waals surface area (Å²) in [4.78, 5) is 0. The van der Waals surface area contributed by atoms with Crippen LogP contribution in [0.15, 0.2) is 158 Å². The minimum atomic E-state index is 0.884. The average Bonchev–Trinajstić information content (AvgIpc) is 3.56. The molecule has 2 heteroatoms. The highest BCUT2D eigenvalue weighted by Gasteiger charge is 2.18. The van der Waals surface area contributed by atoms with Crippen LogP contribution in [-0.4, -0.2) is 9.13 Å². The van der Waals surface area contributed by atoms with Gasteiger partial charge in [0.2, 0.25) is 0 Å². The fraction of sp³-hybridized carbons (Fsp3) is 0.0800. The van der Waals surface area contributed by atoms with Crippen LogP contribution in [0.1, 0.15) is 37.4 Å². The zero-order valence-electron chi connectivity index (χ0n) is 29.5. The Balaban J connectivity index is 1.25. The maximum Gasteiger partial charge on any atom is 0.0541 e. The first-order chi connectivity index (χ1) is 25.7. The molecule has 0 unspecified atom stereocenters. The van der Waals surface area contributed by atoms with E-state index >= 15 is 0 Å². The number of benzene rings is 5. The molecule has 0 saturated heterocycles. The second-order valence-corrected chi connectivity index (χ2v) is 13.6. The summed E-state index contributed by atoms with van der Waals surface area (Å²) in [6.07, 6.45) is 25.3. The summed E-state index contributed by atoms with van der Waals surface area (Å²) < 4.78 is 4.85. The Morgan fingerprint density at radius 2 is 1.29 bits per heavy atom. The van der Waals surface area contributed by atoms with Crippen molar-refractivity contribution in [3.63, 3.8) is 0 Å². The van der Waals surface area contributed by atoms with Gasteiger partial charge in [0.25, 0.3) is 0 Å². The molecule has 9 rings (SSSR count). The minimum Gasteiger partial charge on any atom is -0.310 e. The minimum absolute atomic E-state index is 0.884. The van der Waals surface area contributed by atoms with E-state index in [9.17, 15) is 0 Å². The number of fused-ring (bicyclic) bond motifs is 4. The van der Waals surface area contributed by atoms with Crippen molar-refractivity contribution < 1.29 is 0 Å². The lowest BCUT2D eigenvalue weighted by molar-refractivity contribution is 1.01. The highest BCUT2D eigenvalue weighted by molar-refractivity contribution is 6.00. The van der Waals surface area contributed by atoms with Crippen molar-refractivity contribution in [1.29, 1.82) is 0 Å². The molecule has 52 heavy (non-hydrogen) atoms. The van der Waals surface area contributed by atoms with Gasteiger partial charge in [-0.3, -0.25) is 0 Å². The van der Waals surface area contributed by atoms with Crippen molar-refractivity contribution >= 4 is 51.8 Å². The first-order valence-corrected chi connectivity index (χ1v) is 18.3. The standard InChI is InChI=1S/C50H40N2/c1-3-17-47-43(4-2)45-33-37(26-28-49(45)51(47)41-22-13-7-14-23-41)38-27-29-50-46(34-38)44-24-15-8-16-25-48(44)52(50)42-31-39(35-18-9-5-10-19-35)30-40(32-42)36-20-11-6-12-21-36/h3-6,8-13,15,17-34H,2,7,14,16H2,1H3/b17-3-. The van der Waals surface area contributed by atoms with Crippen LogP contribution in [-0.2, 0) is 0 Å². The van der Waals surface area contributed by atoms with E-state index in [1.807, 2.05) is 6.08 Å². The third-order valence-corrected chi connectivity index (χ3v) is 10.4. The first kappa shape index (κ1) is 31.6. The van der Waals surface area contributed by atoms with Crippen LogP contribution in [0.5, 0.6) is 0 Å². The molecule has 0 N–H and O–H groups in total. The maximum atomic E-state index is 4.26. The van der Waals surface area contributed by atoms with Gasteiger partial charge in [-0.05, 0) is 114 Å². The molecule has 0 amide bonds. The van der Waals surface area contributed by atoms with Crippen LogP contribution in [0.4, 0.5) is 0 Å². The summed E-state index contributed by atoms with van der Waals surface area (Å²) in [7, 11) is 0. The molecule has 2 aliphatic rings. The molecular formula is C50H40N2. The van der Waals surface area contributed by atoms with Crippen molar-refractivity contribution in [2.24, 2.45) is 0 Å². The van der Waals surface area contributed by atoms with Crippen LogP contribution >= 0.6 is 0 Å². The van der Waals surface area contributed by atoms with E-state index in [0.29, 0.717) is 0 Å². The summed E-state index contributed by atoms with van der Waals surface area (Å²) in [5, 5.41) is 4.94. The summed E-state index contributed by atoms with van der Waals surface area (Å²) in [6, 6.07) is 42.3. The molecule has 0 aliphatic heterocycles. The fourth-order valence-electron chi connectivity index (χ4n) is 8.02. The molecule has 2 aliphatic carbocycles. The topological polar surface area (TPSA) is 9.86 Å². The molecule has 2 nitrogen and oxygen atoms in total. The van der Waals surface area contributed by atoms with Crippen LogP contribution < -0.4 is 10.6 Å². The predicted molar refractivity (Wildman–Crippen MR) is 224 cm³/mol. The highest BCUT2D eigenvalue weighted by Crippen LogP contribution is 2.37. The normalized spacial score (nSPS) is 13.9. The third kappa shape index (κ3) is 5.45. The molecule has 0 radical (unpaired) electrons. The molecule has 0 fully saturated rings. The Bertz CT molecular complexity index is 2700. The van der Waals surface area contributed by atoms with Gasteiger partial charge in [0, 0.05) is 32.9 Å². The van der Waals surface area contributed by atoms with Crippen LogP contribution in [0, 0.1) is 0 Å². The Morgan fingerprint density at radius 1 is 0.615 bits per heavy atom. The number of rotatable bonds is 7. The van der Waals surface area contributed by atoms with Crippen LogP contribution in [0.2, 0.25) is 0 Å². The third-order valence-electron chi connectivity index (χ3n) is 10.4. The van der Waals surface area contributed by atoms with Gasteiger partial charge in [-0.1, -0.05) is 128 Å². The molecule has 2 heterocycles. The van der Waals surface area contributed by atoms with E-state index in [2.05, 4.69) is 193 Å². The lowest BCUT2D eigenvalue weighted by Crippen LogP contribution is -2.27. The SMILES string of the molecule is C=Cc1c(/C=C\C)n(C2=CCCC=C2)c2ccc(-c3ccc4c(c3)c3c(n4-c4cc(-c5ccccc5)cc(-c5ccccc5)c4)=CCC=CC=3)cc12. The summed E-state index contributed by atoms with van der Waals surface area (Å²) in [5.41, 5.74) is 14.3. The van der Waals surface area contributed by atoms with E-state index in [4.69, 9.17) is 0 Å². The second kappa shape index (κ2) is 13.4. The molecule has 0 saturated carbocycles. The zero-order chi connectivity index (χ0) is 35.0. The molecular weight excluding hydrogens is 629 g/mol. The summed E-state index contributed by atoms with van der Waals surface area (Å²) in [6.45, 7) is 6.35. The largest absolute Gasteiger partial charge is 0.310 e. The first-order valence-electron chi connectivity index (χ1n) is 18.3. The molecule has 5 aromatic carbocycles. The van der Waals surface area contributed by atoms with Gasteiger partial charge in [-0.15, -0.1) is 0 Å². The van der Waals surface area contributed by atoms with Gasteiger partial charge in [0.05, 0.1) is 22.1 Å². The second-order valence-electron chi connectivity index (χ2n) is 13.6. The van der Waals surface area contributed by atoms with Crippen molar-refractivity contribution in [3.8, 4) is 39.1 Å². The molecule has 0 atom stereocenters. The van der Waals surface area contributed by atoms with E-state index in [0.717, 1.165) is 30.5 Å². The van der Waals surface area contributed by atoms with Gasteiger partial charge in [0.1, 0.15) is 0 Å². The molecule has 2 aromatic heterocycles. The number of aromatic nitrogens is 2. The van der Waals surface area contributed by atoms with E-state index in [1.54, 1.807) is 0 Å². The Labute approximate surface area is 305 Å². The lowest BCUT2D eigenvalue weighted by Gasteiger charge is -2.14. The van der Waals surface area contributed by atoms with Crippen molar-refractivity contribution in [2.75, 3.05) is 0 Å². The van der Waals surface area contributed by atoms with Crippen molar-refractivity contribution in [3.05, 3.63) is 180 Å². The van der Waals surface area contributed by atoms with E-state index < -0.39 is 0 Å². The van der Waals surface area contributed by atoms with Crippen molar-refractivity contribution in [2.45, 2.75) is 26.2 Å². The number of hydrogen-bond donors (Lipinski definition) is 0. The molecule has 7 aromatic rings. The van der Waals surface area contributed by atoms with Gasteiger partial charge in [-0.25, -0.2) is 0 Å². The number of hydrogen-bond acceptors (Lipinski definition) is 0. The monoisotopic (exact) mass is 668 g/mol. The van der Waals surface area contributed by atoms with Gasteiger partial charge in [-0.2, -0.15) is 0 Å². The Kier molecular flexibility index (Phi) is 8.14. The van der Waals surface area contributed by atoms with Gasteiger partial charge in [0.15, 0.2) is 0 Å². The predicted octanol–water partition coefficient (Wildman–Crippen LogP) is 12.0. The lowest BCUT2D eigenvalue weighted by atomic mass is 9.98. The number of allylic oxidation sites excluding steroid dienone is 7. The Morgan fingerprint density at radius 3 is 1.92 bits per heavy atom. The van der Waals surface area contributed by atoms with Crippen LogP contribution in [0.3, 0.4) is 0 Å². The van der Waals surface area contributed by atoms with Gasteiger partial charge < -0.3 is 9.13 Å². The average molecular weight is 669 g/mol. The molecule has 0 bridgehead atoms. The van der Waals surface area contributed by atoms with Crippen LogP contribution in [0.25, 0.3) is 90.9 Å². The van der Waals surface area contributed by atoms with E-state index in [1.165, 1.54) is 77.1 Å². The zero-order valence-corrected chi connectivity index (χ0v) is 29.5.